The summed E-state index contributed by atoms with van der Waals surface area (Å²) in [6.07, 6.45) is 11.8. The van der Waals surface area contributed by atoms with Crippen LogP contribution in [0.4, 0.5) is 11.6 Å². The SMILES string of the molecule is Cc1c(NC2CCCCC2)nc(C2CC2)nc1NC1CC1. The molecule has 0 bridgehead atoms. The Kier molecular flexibility index (Phi) is 3.48. The summed E-state index contributed by atoms with van der Waals surface area (Å²) >= 11 is 0. The minimum atomic E-state index is 0.605. The molecule has 0 unspecified atom stereocenters. The van der Waals surface area contributed by atoms with Crippen molar-refractivity contribution in [3.8, 4) is 0 Å². The lowest BCUT2D eigenvalue weighted by Crippen LogP contribution is -2.24. The topological polar surface area (TPSA) is 49.8 Å². The van der Waals surface area contributed by atoms with Gasteiger partial charge in [0.2, 0.25) is 0 Å². The van der Waals surface area contributed by atoms with Crippen molar-refractivity contribution in [3.63, 3.8) is 0 Å². The van der Waals surface area contributed by atoms with Gasteiger partial charge in [-0.1, -0.05) is 19.3 Å². The smallest absolute Gasteiger partial charge is 0.136 e. The summed E-state index contributed by atoms with van der Waals surface area (Å²) in [4.78, 5) is 9.66. The van der Waals surface area contributed by atoms with E-state index in [9.17, 15) is 0 Å². The fourth-order valence-corrected chi connectivity index (χ4v) is 3.20. The van der Waals surface area contributed by atoms with Crippen molar-refractivity contribution < 1.29 is 0 Å². The maximum atomic E-state index is 4.85. The van der Waals surface area contributed by atoms with Gasteiger partial charge in [0.15, 0.2) is 0 Å². The third-order valence-electron chi connectivity index (χ3n) is 4.97. The van der Waals surface area contributed by atoms with Gasteiger partial charge in [-0.25, -0.2) is 9.97 Å². The van der Waals surface area contributed by atoms with E-state index in [0.717, 1.165) is 17.5 Å². The molecule has 3 fully saturated rings. The number of hydrogen-bond acceptors (Lipinski definition) is 4. The first kappa shape index (κ1) is 13.4. The molecule has 1 aromatic rings. The zero-order valence-corrected chi connectivity index (χ0v) is 13.0. The molecule has 1 heterocycles. The second kappa shape index (κ2) is 5.47. The minimum absolute atomic E-state index is 0.605. The van der Waals surface area contributed by atoms with Crippen LogP contribution in [0.3, 0.4) is 0 Å². The molecular weight excluding hydrogens is 260 g/mol. The molecule has 3 aliphatic carbocycles. The fourth-order valence-electron chi connectivity index (χ4n) is 3.20. The minimum Gasteiger partial charge on any atom is -0.367 e. The average Bonchev–Trinajstić information content (AvgIpc) is 3.37. The molecule has 2 N–H and O–H groups in total. The van der Waals surface area contributed by atoms with Crippen molar-refractivity contribution in [2.45, 2.75) is 82.7 Å². The highest BCUT2D eigenvalue weighted by molar-refractivity contribution is 5.58. The van der Waals surface area contributed by atoms with Gasteiger partial charge in [0.25, 0.3) is 0 Å². The van der Waals surface area contributed by atoms with Crippen LogP contribution in [-0.2, 0) is 0 Å². The molecule has 0 spiro atoms. The first-order chi connectivity index (χ1) is 10.3. The van der Waals surface area contributed by atoms with E-state index < -0.39 is 0 Å². The first-order valence-corrected chi connectivity index (χ1v) is 8.71. The van der Waals surface area contributed by atoms with Crippen LogP contribution in [-0.4, -0.2) is 22.1 Å². The van der Waals surface area contributed by atoms with E-state index in [1.807, 2.05) is 0 Å². The molecule has 4 heteroatoms. The number of anilines is 2. The summed E-state index contributed by atoms with van der Waals surface area (Å²) in [5, 5.41) is 7.31. The lowest BCUT2D eigenvalue weighted by molar-refractivity contribution is 0.461. The molecule has 4 nitrogen and oxygen atoms in total. The standard InChI is InChI=1S/C17H26N4/c1-11-15(18-13-5-3-2-4-6-13)20-17(12-7-8-12)21-16(11)19-14-9-10-14/h12-14H,2-10H2,1H3,(H2,18,19,20,21). The van der Waals surface area contributed by atoms with Gasteiger partial charge in [0.1, 0.15) is 17.5 Å². The van der Waals surface area contributed by atoms with Crippen molar-refractivity contribution in [1.29, 1.82) is 0 Å². The van der Waals surface area contributed by atoms with Crippen LogP contribution in [0.5, 0.6) is 0 Å². The largest absolute Gasteiger partial charge is 0.367 e. The summed E-state index contributed by atoms with van der Waals surface area (Å²) in [6, 6.07) is 1.25. The highest BCUT2D eigenvalue weighted by Crippen LogP contribution is 2.40. The van der Waals surface area contributed by atoms with Crippen molar-refractivity contribution in [2.75, 3.05) is 10.6 Å². The van der Waals surface area contributed by atoms with Crippen LogP contribution in [0.2, 0.25) is 0 Å². The molecule has 0 aromatic carbocycles. The van der Waals surface area contributed by atoms with E-state index in [2.05, 4.69) is 17.6 Å². The summed E-state index contributed by atoms with van der Waals surface area (Å²) in [7, 11) is 0. The van der Waals surface area contributed by atoms with Gasteiger partial charge in [-0.2, -0.15) is 0 Å². The fraction of sp³-hybridized carbons (Fsp3) is 0.765. The molecule has 0 radical (unpaired) electrons. The quantitative estimate of drug-likeness (QED) is 0.859. The Morgan fingerprint density at radius 1 is 0.762 bits per heavy atom. The molecule has 0 aliphatic heterocycles. The summed E-state index contributed by atoms with van der Waals surface area (Å²) in [5.41, 5.74) is 1.21. The number of aromatic nitrogens is 2. The number of nitrogens with one attached hydrogen (secondary N) is 2. The molecule has 0 amide bonds. The van der Waals surface area contributed by atoms with Crippen LogP contribution in [0.15, 0.2) is 0 Å². The number of nitrogens with zero attached hydrogens (tertiary/aromatic N) is 2. The number of rotatable bonds is 5. The maximum absolute atomic E-state index is 4.85. The Morgan fingerprint density at radius 2 is 1.33 bits per heavy atom. The third-order valence-corrected chi connectivity index (χ3v) is 4.97. The van der Waals surface area contributed by atoms with Crippen LogP contribution in [0, 0.1) is 6.92 Å². The van der Waals surface area contributed by atoms with Gasteiger partial charge in [0.05, 0.1) is 0 Å². The monoisotopic (exact) mass is 286 g/mol. The first-order valence-electron chi connectivity index (χ1n) is 8.71. The molecule has 0 saturated heterocycles. The van der Waals surface area contributed by atoms with Gasteiger partial charge in [-0.15, -0.1) is 0 Å². The van der Waals surface area contributed by atoms with Gasteiger partial charge in [-0.05, 0) is 45.4 Å². The van der Waals surface area contributed by atoms with Gasteiger partial charge < -0.3 is 10.6 Å². The number of hydrogen-bond donors (Lipinski definition) is 2. The third kappa shape index (κ3) is 3.14. The van der Waals surface area contributed by atoms with Gasteiger partial charge >= 0.3 is 0 Å². The molecule has 3 saturated carbocycles. The molecule has 21 heavy (non-hydrogen) atoms. The summed E-state index contributed by atoms with van der Waals surface area (Å²) < 4.78 is 0. The summed E-state index contributed by atoms with van der Waals surface area (Å²) in [6.45, 7) is 2.16. The second-order valence-corrected chi connectivity index (χ2v) is 7.08. The van der Waals surface area contributed by atoms with Crippen LogP contribution in [0.1, 0.15) is 75.1 Å². The molecule has 1 aromatic heterocycles. The predicted octanol–water partition coefficient (Wildman–Crippen LogP) is 3.98. The van der Waals surface area contributed by atoms with E-state index in [0.29, 0.717) is 18.0 Å². The van der Waals surface area contributed by atoms with Crippen molar-refractivity contribution in [2.24, 2.45) is 0 Å². The van der Waals surface area contributed by atoms with E-state index in [4.69, 9.17) is 9.97 Å². The zero-order valence-electron chi connectivity index (χ0n) is 13.0. The van der Waals surface area contributed by atoms with E-state index in [1.165, 1.54) is 63.4 Å². The zero-order chi connectivity index (χ0) is 14.2. The van der Waals surface area contributed by atoms with Crippen LogP contribution in [0.25, 0.3) is 0 Å². The second-order valence-electron chi connectivity index (χ2n) is 7.08. The predicted molar refractivity (Wildman–Crippen MR) is 85.9 cm³/mol. The maximum Gasteiger partial charge on any atom is 0.136 e. The van der Waals surface area contributed by atoms with E-state index in [-0.39, 0.29) is 0 Å². The Labute approximate surface area is 127 Å². The molecule has 0 atom stereocenters. The van der Waals surface area contributed by atoms with Gasteiger partial charge in [0, 0.05) is 23.6 Å². The highest BCUT2D eigenvalue weighted by atomic mass is 15.1. The average molecular weight is 286 g/mol. The lowest BCUT2D eigenvalue weighted by atomic mass is 9.95. The Morgan fingerprint density at radius 3 is 1.86 bits per heavy atom. The normalized spacial score (nSPS) is 23.1. The van der Waals surface area contributed by atoms with Gasteiger partial charge in [-0.3, -0.25) is 0 Å². The van der Waals surface area contributed by atoms with E-state index in [1.54, 1.807) is 0 Å². The molecule has 4 rings (SSSR count). The summed E-state index contributed by atoms with van der Waals surface area (Å²) in [5.74, 6) is 3.83. The lowest BCUT2D eigenvalue weighted by Gasteiger charge is -2.25. The van der Waals surface area contributed by atoms with Crippen LogP contribution < -0.4 is 10.6 Å². The molecule has 3 aliphatic rings. The van der Waals surface area contributed by atoms with Crippen molar-refractivity contribution in [3.05, 3.63) is 11.4 Å². The Bertz CT molecular complexity index is 514. The Hall–Kier alpha value is -1.32. The highest BCUT2D eigenvalue weighted by Gasteiger charge is 2.30. The van der Waals surface area contributed by atoms with Crippen LogP contribution >= 0.6 is 0 Å². The van der Waals surface area contributed by atoms with E-state index >= 15 is 0 Å². The van der Waals surface area contributed by atoms with Crippen molar-refractivity contribution in [1.82, 2.24) is 9.97 Å². The van der Waals surface area contributed by atoms with Crippen molar-refractivity contribution >= 4 is 11.6 Å². The Balaban J connectivity index is 1.58. The molecular formula is C17H26N4. The molecule has 114 valence electrons.